The van der Waals surface area contributed by atoms with Gasteiger partial charge < -0.3 is 0 Å². The van der Waals surface area contributed by atoms with Gasteiger partial charge in [0.1, 0.15) is 9.49 Å². The van der Waals surface area contributed by atoms with Gasteiger partial charge in [0.05, 0.1) is 0 Å². The Morgan fingerprint density at radius 3 is 1.26 bits per heavy atom. The lowest BCUT2D eigenvalue weighted by Crippen LogP contribution is -2.32. The molecule has 2 unspecified atom stereocenters. The van der Waals surface area contributed by atoms with Crippen LogP contribution in [0.2, 0.25) is 0 Å². The number of unbranched alkanes of at least 4 members (excludes halogenated alkanes) is 4. The maximum Gasteiger partial charge on any atom is 0.274 e. The van der Waals surface area contributed by atoms with E-state index in [9.17, 15) is 25.9 Å². The maximum atomic E-state index is 12.0. The molecule has 0 bridgehead atoms. The fraction of sp³-hybridized carbons (Fsp3) is 0.538. The Morgan fingerprint density at radius 1 is 0.600 bits per heavy atom. The quantitative estimate of drug-likeness (QED) is 0.185. The van der Waals surface area contributed by atoms with E-state index in [1.165, 1.54) is 0 Å². The van der Waals surface area contributed by atoms with Crippen molar-refractivity contribution in [1.29, 1.82) is 0 Å². The van der Waals surface area contributed by atoms with E-state index in [1.54, 1.807) is 62.4 Å². The van der Waals surface area contributed by atoms with Crippen molar-refractivity contribution in [1.82, 2.24) is 0 Å². The zero-order valence-electron chi connectivity index (χ0n) is 20.6. The van der Waals surface area contributed by atoms with Gasteiger partial charge in [0, 0.05) is 0 Å². The highest BCUT2D eigenvalue weighted by molar-refractivity contribution is 7.99. The van der Waals surface area contributed by atoms with Gasteiger partial charge in [-0.1, -0.05) is 86.3 Å². The van der Waals surface area contributed by atoms with Gasteiger partial charge in [-0.05, 0) is 62.2 Å². The molecule has 9 heteroatoms. The second kappa shape index (κ2) is 13.2. The number of thioether (sulfide) groups is 1. The summed E-state index contributed by atoms with van der Waals surface area (Å²) >= 11 is 1.84. The van der Waals surface area contributed by atoms with E-state index >= 15 is 0 Å². The highest BCUT2D eigenvalue weighted by Gasteiger charge is 2.40. The molecule has 196 valence electrons. The Morgan fingerprint density at radius 2 is 0.943 bits per heavy atom. The third-order valence-electron chi connectivity index (χ3n) is 6.79. The topological polar surface area (TPSA) is 109 Å². The van der Waals surface area contributed by atoms with Crippen LogP contribution in [0.3, 0.4) is 0 Å². The minimum Gasteiger partial charge on any atom is -0.285 e. The lowest BCUT2D eigenvalue weighted by atomic mass is 9.94. The molecule has 0 radical (unpaired) electrons. The maximum absolute atomic E-state index is 12.0. The molecule has 0 aliphatic heterocycles. The highest BCUT2D eigenvalue weighted by atomic mass is 32.2. The SMILES string of the molecule is CC(CCCCCSCCCCCC(C)(c1ccccc1)S(=O)(=O)O)(c1ccccc1)S(=O)(=O)O. The Labute approximate surface area is 215 Å². The summed E-state index contributed by atoms with van der Waals surface area (Å²) in [6, 6.07) is 17.7. The van der Waals surface area contributed by atoms with Crippen molar-refractivity contribution in [2.75, 3.05) is 11.5 Å². The number of benzene rings is 2. The lowest BCUT2D eigenvalue weighted by Gasteiger charge is -2.27. The smallest absolute Gasteiger partial charge is 0.274 e. The Kier molecular flexibility index (Phi) is 11.3. The third kappa shape index (κ3) is 8.32. The monoisotopic (exact) mass is 542 g/mol. The number of hydrogen-bond acceptors (Lipinski definition) is 5. The van der Waals surface area contributed by atoms with Crippen LogP contribution in [0.25, 0.3) is 0 Å². The summed E-state index contributed by atoms with van der Waals surface area (Å²) in [6.07, 6.45) is 5.86. The van der Waals surface area contributed by atoms with Crippen LogP contribution in [-0.2, 0) is 29.7 Å². The van der Waals surface area contributed by atoms with Gasteiger partial charge in [0.2, 0.25) is 0 Å². The van der Waals surface area contributed by atoms with Crippen molar-refractivity contribution in [3.8, 4) is 0 Å². The second-order valence-electron chi connectivity index (χ2n) is 9.38. The molecule has 0 aromatic heterocycles. The Hall–Kier alpha value is -1.39. The average Bonchev–Trinajstić information content (AvgIpc) is 2.81. The zero-order chi connectivity index (χ0) is 26.0. The Bertz CT molecular complexity index is 1010. The van der Waals surface area contributed by atoms with Gasteiger partial charge in [-0.3, -0.25) is 9.11 Å². The molecule has 35 heavy (non-hydrogen) atoms. The molecule has 0 saturated heterocycles. The van der Waals surface area contributed by atoms with Crippen LogP contribution >= 0.6 is 11.8 Å². The molecule has 0 amide bonds. The summed E-state index contributed by atoms with van der Waals surface area (Å²) in [6.45, 7) is 3.16. The van der Waals surface area contributed by atoms with Crippen molar-refractivity contribution in [2.24, 2.45) is 0 Å². The fourth-order valence-electron chi connectivity index (χ4n) is 4.21. The van der Waals surface area contributed by atoms with Crippen molar-refractivity contribution < 1.29 is 25.9 Å². The summed E-state index contributed by atoms with van der Waals surface area (Å²) in [7, 11) is -8.45. The largest absolute Gasteiger partial charge is 0.285 e. The first kappa shape index (κ1) is 29.8. The minimum absolute atomic E-state index is 0.370. The highest BCUT2D eigenvalue weighted by Crippen LogP contribution is 2.36. The molecular weight excluding hydrogens is 504 g/mol. The third-order valence-corrected chi connectivity index (χ3v) is 11.1. The molecule has 0 aliphatic rings. The van der Waals surface area contributed by atoms with Crippen LogP contribution in [-0.4, -0.2) is 37.4 Å². The van der Waals surface area contributed by atoms with Crippen molar-refractivity contribution in [3.63, 3.8) is 0 Å². The Balaban J connectivity index is 1.65. The first-order chi connectivity index (χ1) is 16.4. The number of rotatable bonds is 16. The predicted molar refractivity (Wildman–Crippen MR) is 145 cm³/mol. The lowest BCUT2D eigenvalue weighted by molar-refractivity contribution is 0.415. The molecule has 2 rings (SSSR count). The van der Waals surface area contributed by atoms with E-state index in [2.05, 4.69) is 0 Å². The summed E-state index contributed by atoms with van der Waals surface area (Å²) < 4.78 is 65.2. The molecule has 0 spiro atoms. The standard InChI is InChI=1S/C26H38O6S3/c1-25(34(27,28)29,23-15-7-3-8-16-23)19-11-5-13-21-33-22-14-6-12-20-26(2,35(30,31)32)24-17-9-4-10-18-24/h3-4,7-10,15-18H,5-6,11-14,19-22H2,1-2H3,(H,27,28,29)(H,30,31,32). The summed E-state index contributed by atoms with van der Waals surface area (Å²) in [5, 5.41) is 0. The van der Waals surface area contributed by atoms with E-state index in [-0.39, 0.29) is 0 Å². The average molecular weight is 543 g/mol. The molecule has 2 aromatic carbocycles. The van der Waals surface area contributed by atoms with Crippen LogP contribution in [0.15, 0.2) is 60.7 Å². The first-order valence-electron chi connectivity index (χ1n) is 12.0. The molecule has 0 aliphatic carbocycles. The van der Waals surface area contributed by atoms with Crippen molar-refractivity contribution in [2.45, 2.75) is 74.7 Å². The minimum atomic E-state index is -4.22. The van der Waals surface area contributed by atoms with Crippen LogP contribution in [0.5, 0.6) is 0 Å². The fourth-order valence-corrected chi connectivity index (χ4v) is 6.91. The second-order valence-corrected chi connectivity index (χ2v) is 14.3. The molecular formula is C26H38O6S3. The van der Waals surface area contributed by atoms with Gasteiger partial charge in [0.15, 0.2) is 0 Å². The molecule has 2 aromatic rings. The van der Waals surface area contributed by atoms with Gasteiger partial charge >= 0.3 is 0 Å². The van der Waals surface area contributed by atoms with Gasteiger partial charge in [-0.25, -0.2) is 0 Å². The molecule has 0 saturated carbocycles. The van der Waals surface area contributed by atoms with Gasteiger partial charge in [0.25, 0.3) is 20.2 Å². The van der Waals surface area contributed by atoms with E-state index in [0.29, 0.717) is 36.8 Å². The molecule has 0 fully saturated rings. The summed E-state index contributed by atoms with van der Waals surface area (Å²) in [5.74, 6) is 1.95. The van der Waals surface area contributed by atoms with Crippen LogP contribution in [0.4, 0.5) is 0 Å². The van der Waals surface area contributed by atoms with E-state index in [1.807, 2.05) is 23.9 Å². The van der Waals surface area contributed by atoms with E-state index in [4.69, 9.17) is 0 Å². The van der Waals surface area contributed by atoms with Crippen molar-refractivity contribution >= 4 is 32.0 Å². The molecule has 2 atom stereocenters. The van der Waals surface area contributed by atoms with Gasteiger partial charge in [-0.15, -0.1) is 0 Å². The number of hydrogen-bond donors (Lipinski definition) is 2. The van der Waals surface area contributed by atoms with Crippen LogP contribution < -0.4 is 0 Å². The first-order valence-corrected chi connectivity index (χ1v) is 16.1. The van der Waals surface area contributed by atoms with E-state index in [0.717, 1.165) is 37.2 Å². The summed E-state index contributed by atoms with van der Waals surface area (Å²) in [5.41, 5.74) is 1.21. The molecule has 2 N–H and O–H groups in total. The van der Waals surface area contributed by atoms with Crippen LogP contribution in [0, 0.1) is 0 Å². The van der Waals surface area contributed by atoms with Gasteiger partial charge in [-0.2, -0.15) is 28.6 Å². The predicted octanol–water partition coefficient (Wildman–Crippen LogP) is 6.45. The van der Waals surface area contributed by atoms with Crippen molar-refractivity contribution in [3.05, 3.63) is 71.8 Å². The normalized spacial score (nSPS) is 15.9. The molecule has 0 heterocycles. The molecule has 6 nitrogen and oxygen atoms in total. The van der Waals surface area contributed by atoms with E-state index < -0.39 is 29.7 Å². The summed E-state index contributed by atoms with van der Waals surface area (Å²) in [4.78, 5) is 0. The zero-order valence-corrected chi connectivity index (χ0v) is 23.0. The van der Waals surface area contributed by atoms with Crippen LogP contribution in [0.1, 0.15) is 76.3 Å².